The van der Waals surface area contributed by atoms with E-state index < -0.39 is 5.97 Å². The van der Waals surface area contributed by atoms with Gasteiger partial charge in [-0.05, 0) is 42.9 Å². The fourth-order valence-corrected chi connectivity index (χ4v) is 4.78. The normalized spacial score (nSPS) is 16.1. The lowest BCUT2D eigenvalue weighted by atomic mass is 9.89. The third-order valence-corrected chi connectivity index (χ3v) is 5.99. The first-order chi connectivity index (χ1) is 13.0. The Kier molecular flexibility index (Phi) is 4.61. The fourth-order valence-electron chi connectivity index (χ4n) is 3.38. The zero-order valence-corrected chi connectivity index (χ0v) is 15.6. The molecule has 1 aliphatic rings. The third-order valence-electron chi connectivity index (χ3n) is 4.84. The summed E-state index contributed by atoms with van der Waals surface area (Å²) in [4.78, 5) is 44.5. The number of thiophene rings is 1. The molecule has 6 nitrogen and oxygen atoms in total. The van der Waals surface area contributed by atoms with Gasteiger partial charge in [0.1, 0.15) is 23.5 Å². The average molecular weight is 382 g/mol. The minimum atomic E-state index is -0.533. The molecule has 7 heteroatoms. The predicted octanol–water partition coefficient (Wildman–Crippen LogP) is 3.28. The fraction of sp³-hybridized carbons (Fsp3) is 0.300. The van der Waals surface area contributed by atoms with Gasteiger partial charge in [-0.2, -0.15) is 0 Å². The van der Waals surface area contributed by atoms with Gasteiger partial charge in [0, 0.05) is 10.4 Å². The summed E-state index contributed by atoms with van der Waals surface area (Å²) < 4.78 is 5.26. The number of aromatic nitrogens is 2. The van der Waals surface area contributed by atoms with Crippen LogP contribution in [0, 0.1) is 5.92 Å². The molecule has 2 heterocycles. The number of hydrogen-bond donors (Lipinski definition) is 1. The van der Waals surface area contributed by atoms with Crippen molar-refractivity contribution in [2.75, 3.05) is 0 Å². The Balaban J connectivity index is 1.54. The minimum Gasteiger partial charge on any atom is -0.454 e. The molecule has 27 heavy (non-hydrogen) atoms. The van der Waals surface area contributed by atoms with Gasteiger partial charge in [-0.15, -0.1) is 11.3 Å². The van der Waals surface area contributed by atoms with E-state index in [9.17, 15) is 14.4 Å². The number of aryl methyl sites for hydroxylation is 1. The van der Waals surface area contributed by atoms with E-state index >= 15 is 0 Å². The number of aromatic amines is 1. The summed E-state index contributed by atoms with van der Waals surface area (Å²) in [7, 11) is 0. The van der Waals surface area contributed by atoms with Gasteiger partial charge in [-0.1, -0.05) is 19.1 Å². The highest BCUT2D eigenvalue weighted by atomic mass is 32.1. The number of nitrogens with zero attached hydrogens (tertiary/aromatic N) is 1. The molecule has 138 valence electrons. The summed E-state index contributed by atoms with van der Waals surface area (Å²) in [5, 5.41) is 0.682. The SMILES string of the molecule is C[C@@H]1CCc2c(sc3nc(COC(=O)c4ccc(C=O)cc4)[nH]c(=O)c23)C1. The van der Waals surface area contributed by atoms with Gasteiger partial charge >= 0.3 is 5.97 Å². The molecule has 0 fully saturated rings. The highest BCUT2D eigenvalue weighted by molar-refractivity contribution is 7.18. The van der Waals surface area contributed by atoms with Crippen LogP contribution in [0.1, 0.15) is 50.3 Å². The molecule has 4 rings (SSSR count). The second-order valence-electron chi connectivity index (χ2n) is 6.86. The van der Waals surface area contributed by atoms with Crippen molar-refractivity contribution in [2.45, 2.75) is 32.8 Å². The summed E-state index contributed by atoms with van der Waals surface area (Å²) in [5.74, 6) is 0.419. The number of carbonyl (C=O) groups excluding carboxylic acids is 2. The molecular weight excluding hydrogens is 364 g/mol. The van der Waals surface area contributed by atoms with Crippen molar-refractivity contribution < 1.29 is 14.3 Å². The Morgan fingerprint density at radius 1 is 1.37 bits per heavy atom. The summed E-state index contributed by atoms with van der Waals surface area (Å²) in [6.45, 7) is 2.11. The van der Waals surface area contributed by atoms with Crippen LogP contribution in [-0.2, 0) is 24.2 Å². The number of hydrogen-bond acceptors (Lipinski definition) is 6. The number of rotatable bonds is 4. The van der Waals surface area contributed by atoms with Crippen LogP contribution in [0.2, 0.25) is 0 Å². The molecule has 0 unspecified atom stereocenters. The van der Waals surface area contributed by atoms with E-state index in [4.69, 9.17) is 4.74 Å². The number of fused-ring (bicyclic) bond motifs is 3. The van der Waals surface area contributed by atoms with Crippen molar-refractivity contribution in [3.05, 3.63) is 62.0 Å². The zero-order chi connectivity index (χ0) is 19.0. The lowest BCUT2D eigenvalue weighted by molar-refractivity contribution is 0.0462. The Labute approximate surface area is 159 Å². The summed E-state index contributed by atoms with van der Waals surface area (Å²) in [6.07, 6.45) is 3.68. The monoisotopic (exact) mass is 382 g/mol. The molecule has 3 aromatic rings. The van der Waals surface area contributed by atoms with Crippen LogP contribution >= 0.6 is 11.3 Å². The third kappa shape index (κ3) is 3.42. The van der Waals surface area contributed by atoms with Crippen LogP contribution in [0.25, 0.3) is 10.2 Å². The quantitative estimate of drug-likeness (QED) is 0.552. The van der Waals surface area contributed by atoms with E-state index in [0.717, 1.165) is 24.8 Å². The summed E-state index contributed by atoms with van der Waals surface area (Å²) in [6, 6.07) is 6.15. The molecule has 0 saturated carbocycles. The van der Waals surface area contributed by atoms with Crippen molar-refractivity contribution >= 4 is 33.8 Å². The van der Waals surface area contributed by atoms with Gasteiger partial charge < -0.3 is 9.72 Å². The van der Waals surface area contributed by atoms with E-state index in [2.05, 4.69) is 16.9 Å². The van der Waals surface area contributed by atoms with Crippen molar-refractivity contribution in [1.29, 1.82) is 0 Å². The zero-order valence-electron chi connectivity index (χ0n) is 14.8. The van der Waals surface area contributed by atoms with Crippen molar-refractivity contribution in [1.82, 2.24) is 9.97 Å². The summed E-state index contributed by atoms with van der Waals surface area (Å²) >= 11 is 1.56. The molecule has 0 spiro atoms. The highest BCUT2D eigenvalue weighted by Crippen LogP contribution is 2.35. The van der Waals surface area contributed by atoms with E-state index in [0.29, 0.717) is 39.4 Å². The number of H-pyrrole nitrogens is 1. The van der Waals surface area contributed by atoms with Gasteiger partial charge in [0.15, 0.2) is 0 Å². The number of aldehydes is 1. The largest absolute Gasteiger partial charge is 0.454 e. The number of nitrogens with one attached hydrogen (secondary N) is 1. The lowest BCUT2D eigenvalue weighted by Crippen LogP contribution is -2.16. The van der Waals surface area contributed by atoms with Crippen molar-refractivity contribution in [3.63, 3.8) is 0 Å². The van der Waals surface area contributed by atoms with Crippen molar-refractivity contribution in [2.24, 2.45) is 5.92 Å². The van der Waals surface area contributed by atoms with Gasteiger partial charge in [0.2, 0.25) is 0 Å². The maximum Gasteiger partial charge on any atom is 0.338 e. The number of benzene rings is 1. The Hall–Kier alpha value is -2.80. The molecule has 0 radical (unpaired) electrons. The smallest absolute Gasteiger partial charge is 0.338 e. The standard InChI is InChI=1S/C20H18N2O4S/c1-11-2-7-14-15(8-11)27-19-17(14)18(24)21-16(22-19)10-26-20(25)13-5-3-12(9-23)4-6-13/h3-6,9,11H,2,7-8,10H2,1H3,(H,21,22,24)/t11-/m1/s1. The van der Waals surface area contributed by atoms with E-state index in [-0.39, 0.29) is 12.2 Å². The molecule has 0 saturated heterocycles. The molecular formula is C20H18N2O4S. The topological polar surface area (TPSA) is 89.1 Å². The second kappa shape index (κ2) is 7.08. The Morgan fingerprint density at radius 2 is 2.15 bits per heavy atom. The number of carbonyl (C=O) groups is 2. The molecule has 2 aromatic heterocycles. The Bertz CT molecular complexity index is 1080. The van der Waals surface area contributed by atoms with Gasteiger partial charge in [-0.25, -0.2) is 9.78 Å². The Morgan fingerprint density at radius 3 is 2.89 bits per heavy atom. The highest BCUT2D eigenvalue weighted by Gasteiger charge is 2.23. The molecule has 0 bridgehead atoms. The predicted molar refractivity (Wildman–Crippen MR) is 102 cm³/mol. The van der Waals surface area contributed by atoms with Crippen LogP contribution in [0.3, 0.4) is 0 Å². The minimum absolute atomic E-state index is 0.113. The molecule has 1 aromatic carbocycles. The van der Waals surface area contributed by atoms with Crippen LogP contribution in [0.4, 0.5) is 0 Å². The van der Waals surface area contributed by atoms with E-state index in [1.165, 1.54) is 17.0 Å². The number of esters is 1. The molecule has 1 aliphatic carbocycles. The van der Waals surface area contributed by atoms with E-state index in [1.807, 2.05) is 0 Å². The second-order valence-corrected chi connectivity index (χ2v) is 7.94. The van der Waals surface area contributed by atoms with Crippen LogP contribution in [0.5, 0.6) is 0 Å². The van der Waals surface area contributed by atoms with Gasteiger partial charge in [0.25, 0.3) is 5.56 Å². The van der Waals surface area contributed by atoms with Crippen LogP contribution in [0.15, 0.2) is 29.1 Å². The average Bonchev–Trinajstić information content (AvgIpc) is 3.03. The summed E-state index contributed by atoms with van der Waals surface area (Å²) in [5.41, 5.74) is 1.78. The molecule has 1 N–H and O–H groups in total. The molecule has 0 amide bonds. The van der Waals surface area contributed by atoms with Crippen LogP contribution in [-0.4, -0.2) is 22.2 Å². The van der Waals surface area contributed by atoms with Gasteiger partial charge in [-0.3, -0.25) is 9.59 Å². The number of ether oxygens (including phenoxy) is 1. The first-order valence-corrected chi connectivity index (χ1v) is 9.62. The van der Waals surface area contributed by atoms with Gasteiger partial charge in [0.05, 0.1) is 10.9 Å². The molecule has 0 aliphatic heterocycles. The molecule has 1 atom stereocenters. The van der Waals surface area contributed by atoms with E-state index in [1.54, 1.807) is 23.5 Å². The lowest BCUT2D eigenvalue weighted by Gasteiger charge is -2.17. The maximum absolute atomic E-state index is 12.5. The van der Waals surface area contributed by atoms with Crippen LogP contribution < -0.4 is 5.56 Å². The first-order valence-electron chi connectivity index (χ1n) is 8.81. The maximum atomic E-state index is 12.5. The first kappa shape index (κ1) is 17.6. The van der Waals surface area contributed by atoms with Crippen molar-refractivity contribution in [3.8, 4) is 0 Å².